The van der Waals surface area contributed by atoms with E-state index in [0.717, 1.165) is 6.92 Å². The van der Waals surface area contributed by atoms with Gasteiger partial charge in [-0.05, 0) is 42.8 Å². The Morgan fingerprint density at radius 2 is 1.86 bits per heavy atom. The molecule has 3 aromatic rings. The summed E-state index contributed by atoms with van der Waals surface area (Å²) in [5.74, 6) is -1.72. The van der Waals surface area contributed by atoms with E-state index in [2.05, 4.69) is 9.84 Å². The molecule has 0 amide bonds. The Kier molecular flexibility index (Phi) is 5.53. The zero-order valence-corrected chi connectivity index (χ0v) is 16.6. The quantitative estimate of drug-likeness (QED) is 0.582. The van der Waals surface area contributed by atoms with E-state index in [9.17, 15) is 17.6 Å². The highest BCUT2D eigenvalue weighted by atomic mass is 35.5. The van der Waals surface area contributed by atoms with Gasteiger partial charge in [0.05, 0.1) is 16.3 Å². The monoisotopic (exact) mass is 422 g/mol. The van der Waals surface area contributed by atoms with Gasteiger partial charge in [0.1, 0.15) is 5.82 Å². The molecule has 0 radical (unpaired) electrons. The van der Waals surface area contributed by atoms with Crippen LogP contribution in [0.25, 0.3) is 16.9 Å². The van der Waals surface area contributed by atoms with Gasteiger partial charge in [-0.15, -0.1) is 0 Å². The Balaban J connectivity index is 1.97. The first-order chi connectivity index (χ1) is 13.2. The van der Waals surface area contributed by atoms with Crippen molar-refractivity contribution in [2.24, 2.45) is 0 Å². The van der Waals surface area contributed by atoms with Gasteiger partial charge in [0.2, 0.25) is 9.84 Å². The van der Waals surface area contributed by atoms with Crippen LogP contribution in [-0.4, -0.2) is 30.1 Å². The number of esters is 1. The molecule has 0 saturated carbocycles. The molecule has 6 nitrogen and oxygen atoms in total. The number of benzene rings is 2. The van der Waals surface area contributed by atoms with Crippen LogP contribution in [0.2, 0.25) is 5.15 Å². The number of aromatic nitrogens is 2. The van der Waals surface area contributed by atoms with Gasteiger partial charge in [0, 0.05) is 18.6 Å². The average molecular weight is 423 g/mol. The summed E-state index contributed by atoms with van der Waals surface area (Å²) >= 11 is 6.06. The highest BCUT2D eigenvalue weighted by molar-refractivity contribution is 7.91. The Morgan fingerprint density at radius 3 is 2.46 bits per heavy atom. The zero-order valence-electron chi connectivity index (χ0n) is 15.0. The van der Waals surface area contributed by atoms with Crippen molar-refractivity contribution in [3.05, 3.63) is 65.1 Å². The van der Waals surface area contributed by atoms with Gasteiger partial charge in [0.25, 0.3) is 0 Å². The van der Waals surface area contributed by atoms with Crippen LogP contribution in [0.5, 0.6) is 0 Å². The summed E-state index contributed by atoms with van der Waals surface area (Å²) in [6.07, 6.45) is 0. The molecule has 0 aliphatic carbocycles. The first-order valence-corrected chi connectivity index (χ1v) is 10.2. The summed E-state index contributed by atoms with van der Waals surface area (Å²) in [5, 5.41) is 4.47. The van der Waals surface area contributed by atoms with Crippen LogP contribution in [0.3, 0.4) is 0 Å². The number of rotatable bonds is 5. The molecule has 9 heteroatoms. The molecule has 2 aromatic carbocycles. The second-order valence-electron chi connectivity index (χ2n) is 6.09. The molecule has 0 aliphatic rings. The van der Waals surface area contributed by atoms with E-state index in [1.807, 2.05) is 0 Å². The van der Waals surface area contributed by atoms with Gasteiger partial charge in [-0.1, -0.05) is 23.7 Å². The normalized spacial score (nSPS) is 11.4. The number of carbonyl (C=O) groups is 1. The van der Waals surface area contributed by atoms with E-state index in [1.54, 1.807) is 41.9 Å². The summed E-state index contributed by atoms with van der Waals surface area (Å²) in [4.78, 5) is 10.9. The van der Waals surface area contributed by atoms with Crippen LogP contribution in [0.1, 0.15) is 12.5 Å². The fourth-order valence-corrected chi connectivity index (χ4v) is 3.76. The first kappa shape index (κ1) is 20.0. The Labute approximate surface area is 166 Å². The average Bonchev–Trinajstić information content (AvgIpc) is 3.04. The smallest absolute Gasteiger partial charge is 0.303 e. The number of hydrogen-bond donors (Lipinski definition) is 0. The zero-order chi connectivity index (χ0) is 20.5. The molecule has 0 unspecified atom stereocenters. The van der Waals surface area contributed by atoms with Crippen molar-refractivity contribution in [1.29, 1.82) is 0 Å². The standard InChI is InChI=1S/C19H16ClFN2O4S/c1-12-9-15(5-8-17(12)21)23-18(10-19(20)22-23)14-3-6-16(7-4-14)28(25,26)11-27-13(2)24/h3-10H,11H2,1-2H3. The molecule has 0 saturated heterocycles. The van der Waals surface area contributed by atoms with Crippen molar-refractivity contribution in [3.63, 3.8) is 0 Å². The number of hydrogen-bond acceptors (Lipinski definition) is 5. The first-order valence-electron chi connectivity index (χ1n) is 8.16. The third kappa shape index (κ3) is 4.23. The number of ether oxygens (including phenoxy) is 1. The van der Waals surface area contributed by atoms with Crippen molar-refractivity contribution >= 4 is 27.4 Å². The summed E-state index contributed by atoms with van der Waals surface area (Å²) < 4.78 is 44.1. The van der Waals surface area contributed by atoms with Crippen molar-refractivity contribution in [2.75, 3.05) is 5.94 Å². The van der Waals surface area contributed by atoms with Gasteiger partial charge < -0.3 is 4.74 Å². The highest BCUT2D eigenvalue weighted by Gasteiger charge is 2.17. The van der Waals surface area contributed by atoms with E-state index >= 15 is 0 Å². The fourth-order valence-electron chi connectivity index (χ4n) is 2.58. The van der Waals surface area contributed by atoms with Crippen LogP contribution >= 0.6 is 11.6 Å². The lowest BCUT2D eigenvalue weighted by molar-refractivity contribution is -0.138. The van der Waals surface area contributed by atoms with Gasteiger partial charge in [-0.3, -0.25) is 4.79 Å². The Hall–Kier alpha value is -2.71. The van der Waals surface area contributed by atoms with Crippen LogP contribution in [0, 0.1) is 12.7 Å². The summed E-state index contributed by atoms with van der Waals surface area (Å²) in [6, 6.07) is 12.2. The van der Waals surface area contributed by atoms with Crippen molar-refractivity contribution in [1.82, 2.24) is 9.78 Å². The molecule has 3 rings (SSSR count). The van der Waals surface area contributed by atoms with Crippen LogP contribution in [0.4, 0.5) is 4.39 Å². The maximum Gasteiger partial charge on any atom is 0.303 e. The van der Waals surface area contributed by atoms with E-state index in [0.29, 0.717) is 22.5 Å². The molecular weight excluding hydrogens is 407 g/mol. The molecule has 0 spiro atoms. The molecule has 0 bridgehead atoms. The minimum Gasteiger partial charge on any atom is -0.449 e. The number of aryl methyl sites for hydroxylation is 1. The van der Waals surface area contributed by atoms with Crippen LogP contribution < -0.4 is 0 Å². The van der Waals surface area contributed by atoms with Crippen molar-refractivity contribution in [2.45, 2.75) is 18.7 Å². The van der Waals surface area contributed by atoms with E-state index in [4.69, 9.17) is 11.6 Å². The number of sulfone groups is 1. The molecule has 0 aliphatic heterocycles. The molecule has 1 heterocycles. The van der Waals surface area contributed by atoms with Gasteiger partial charge in [-0.2, -0.15) is 5.10 Å². The van der Waals surface area contributed by atoms with E-state index < -0.39 is 21.7 Å². The highest BCUT2D eigenvalue weighted by Crippen LogP contribution is 2.28. The molecule has 1 aromatic heterocycles. The predicted octanol–water partition coefficient (Wildman–Crippen LogP) is 3.93. The molecular formula is C19H16ClFN2O4S. The number of carbonyl (C=O) groups excluding carboxylic acids is 1. The minimum atomic E-state index is -3.75. The lowest BCUT2D eigenvalue weighted by atomic mass is 10.1. The fraction of sp³-hybridized carbons (Fsp3) is 0.158. The molecule has 0 atom stereocenters. The SMILES string of the molecule is CC(=O)OCS(=O)(=O)c1ccc(-c2cc(Cl)nn2-c2ccc(F)c(C)c2)cc1. The lowest BCUT2D eigenvalue weighted by Crippen LogP contribution is -2.12. The molecule has 0 fully saturated rings. The maximum atomic E-state index is 13.6. The largest absolute Gasteiger partial charge is 0.449 e. The molecule has 146 valence electrons. The number of nitrogens with zero attached hydrogens (tertiary/aromatic N) is 2. The van der Waals surface area contributed by atoms with E-state index in [-0.39, 0.29) is 15.9 Å². The third-order valence-electron chi connectivity index (χ3n) is 3.99. The van der Waals surface area contributed by atoms with Gasteiger partial charge in [0.15, 0.2) is 11.1 Å². The van der Waals surface area contributed by atoms with Crippen molar-refractivity contribution in [3.8, 4) is 16.9 Å². The minimum absolute atomic E-state index is 0.0206. The molecule has 28 heavy (non-hydrogen) atoms. The maximum absolute atomic E-state index is 13.6. The summed E-state index contributed by atoms with van der Waals surface area (Å²) in [7, 11) is -3.75. The van der Waals surface area contributed by atoms with Crippen LogP contribution in [0.15, 0.2) is 53.4 Å². The second kappa shape index (κ2) is 7.73. The van der Waals surface area contributed by atoms with E-state index in [1.165, 1.54) is 18.2 Å². The van der Waals surface area contributed by atoms with Gasteiger partial charge in [-0.25, -0.2) is 17.5 Å². The lowest BCUT2D eigenvalue weighted by Gasteiger charge is -2.10. The topological polar surface area (TPSA) is 78.3 Å². The third-order valence-corrected chi connectivity index (χ3v) is 5.60. The summed E-state index contributed by atoms with van der Waals surface area (Å²) in [6.45, 7) is 2.78. The summed E-state index contributed by atoms with van der Waals surface area (Å²) in [5.41, 5.74) is 2.35. The Bertz CT molecular complexity index is 1140. The molecule has 0 N–H and O–H groups in total. The Morgan fingerprint density at radius 1 is 1.18 bits per heavy atom. The van der Waals surface area contributed by atoms with Crippen LogP contribution in [-0.2, 0) is 19.4 Å². The van der Waals surface area contributed by atoms with Crippen molar-refractivity contribution < 1.29 is 22.3 Å². The van der Waals surface area contributed by atoms with Gasteiger partial charge >= 0.3 is 5.97 Å². The number of halogens is 2. The predicted molar refractivity (Wildman–Crippen MR) is 103 cm³/mol. The second-order valence-corrected chi connectivity index (χ2v) is 8.41.